The van der Waals surface area contributed by atoms with Crippen molar-refractivity contribution in [3.05, 3.63) is 0 Å². The normalized spacial score (nSPS) is 33.2. The summed E-state index contributed by atoms with van der Waals surface area (Å²) < 4.78 is 5.11. The van der Waals surface area contributed by atoms with Crippen molar-refractivity contribution in [3.63, 3.8) is 0 Å². The highest BCUT2D eigenvalue weighted by atomic mass is 16.5. The van der Waals surface area contributed by atoms with Gasteiger partial charge in [0.2, 0.25) is 0 Å². The molecule has 15 heavy (non-hydrogen) atoms. The van der Waals surface area contributed by atoms with Crippen LogP contribution in [0.15, 0.2) is 0 Å². The van der Waals surface area contributed by atoms with Crippen molar-refractivity contribution in [3.8, 4) is 0 Å². The van der Waals surface area contributed by atoms with Crippen LogP contribution in [0.3, 0.4) is 0 Å². The third-order valence-corrected chi connectivity index (χ3v) is 4.00. The molecular formula is C13H27NO. The van der Waals surface area contributed by atoms with Gasteiger partial charge in [0.25, 0.3) is 0 Å². The minimum Gasteiger partial charge on any atom is -0.385 e. The van der Waals surface area contributed by atoms with Crippen LogP contribution in [0, 0.1) is 11.8 Å². The largest absolute Gasteiger partial charge is 0.385 e. The Morgan fingerprint density at radius 2 is 2.13 bits per heavy atom. The zero-order valence-corrected chi connectivity index (χ0v) is 10.8. The molecular weight excluding hydrogens is 186 g/mol. The number of hydrogen-bond acceptors (Lipinski definition) is 2. The van der Waals surface area contributed by atoms with E-state index in [0.717, 1.165) is 30.9 Å². The minimum absolute atomic E-state index is 0.591. The van der Waals surface area contributed by atoms with E-state index in [0.29, 0.717) is 6.04 Å². The molecule has 2 nitrogen and oxygen atoms in total. The maximum atomic E-state index is 5.11. The van der Waals surface area contributed by atoms with Crippen LogP contribution in [0.5, 0.6) is 0 Å². The first kappa shape index (κ1) is 13.0. The fraction of sp³-hybridized carbons (Fsp3) is 1.00. The van der Waals surface area contributed by atoms with Gasteiger partial charge in [-0.25, -0.2) is 0 Å². The minimum atomic E-state index is 0.591. The van der Waals surface area contributed by atoms with Gasteiger partial charge in [0.1, 0.15) is 0 Å². The maximum Gasteiger partial charge on any atom is 0.0476 e. The van der Waals surface area contributed by atoms with E-state index in [9.17, 15) is 0 Å². The van der Waals surface area contributed by atoms with Gasteiger partial charge in [0.15, 0.2) is 0 Å². The van der Waals surface area contributed by atoms with Crippen molar-refractivity contribution in [2.24, 2.45) is 11.8 Å². The molecule has 0 heterocycles. The summed E-state index contributed by atoms with van der Waals surface area (Å²) in [6.07, 6.45) is 5.23. The van der Waals surface area contributed by atoms with E-state index in [-0.39, 0.29) is 0 Å². The second-order valence-electron chi connectivity index (χ2n) is 5.06. The Labute approximate surface area is 94.8 Å². The zero-order valence-electron chi connectivity index (χ0n) is 10.8. The van der Waals surface area contributed by atoms with E-state index >= 15 is 0 Å². The molecule has 4 unspecified atom stereocenters. The number of methoxy groups -OCH3 is 1. The molecule has 2 heteroatoms. The van der Waals surface area contributed by atoms with Gasteiger partial charge in [-0.1, -0.05) is 20.3 Å². The second-order valence-corrected chi connectivity index (χ2v) is 5.06. The summed E-state index contributed by atoms with van der Waals surface area (Å²) in [6.45, 7) is 7.86. The molecule has 0 spiro atoms. The standard InChI is InChI=1S/C13H27NO/c1-5-12-6-7-13(11(12)3)14-10(2)8-9-15-4/h10-14H,5-9H2,1-4H3. The van der Waals surface area contributed by atoms with Gasteiger partial charge in [-0.2, -0.15) is 0 Å². The molecule has 0 aromatic heterocycles. The quantitative estimate of drug-likeness (QED) is 0.732. The second kappa shape index (κ2) is 6.49. The zero-order chi connectivity index (χ0) is 11.3. The summed E-state index contributed by atoms with van der Waals surface area (Å²) in [5.74, 6) is 1.79. The van der Waals surface area contributed by atoms with Gasteiger partial charge in [-0.15, -0.1) is 0 Å². The van der Waals surface area contributed by atoms with Gasteiger partial charge in [-0.05, 0) is 38.0 Å². The summed E-state index contributed by atoms with van der Waals surface area (Å²) in [4.78, 5) is 0. The predicted molar refractivity (Wildman–Crippen MR) is 65.1 cm³/mol. The lowest BCUT2D eigenvalue weighted by molar-refractivity contribution is 0.180. The lowest BCUT2D eigenvalue weighted by atomic mass is 9.93. The van der Waals surface area contributed by atoms with Crippen LogP contribution in [-0.2, 0) is 4.74 Å². The third-order valence-electron chi connectivity index (χ3n) is 4.00. The van der Waals surface area contributed by atoms with E-state index in [2.05, 4.69) is 26.1 Å². The molecule has 1 saturated carbocycles. The fourth-order valence-electron chi connectivity index (χ4n) is 2.80. The first-order chi connectivity index (χ1) is 7.19. The molecule has 0 radical (unpaired) electrons. The molecule has 0 aliphatic heterocycles. The van der Waals surface area contributed by atoms with Gasteiger partial charge < -0.3 is 10.1 Å². The monoisotopic (exact) mass is 213 g/mol. The Hall–Kier alpha value is -0.0800. The van der Waals surface area contributed by atoms with Crippen LogP contribution in [0.1, 0.15) is 46.5 Å². The number of ether oxygens (including phenoxy) is 1. The highest BCUT2D eigenvalue weighted by molar-refractivity contribution is 4.87. The van der Waals surface area contributed by atoms with Crippen LogP contribution in [0.25, 0.3) is 0 Å². The summed E-state index contributed by atoms with van der Waals surface area (Å²) >= 11 is 0. The van der Waals surface area contributed by atoms with Crippen LogP contribution in [0.2, 0.25) is 0 Å². The number of hydrogen-bond donors (Lipinski definition) is 1. The molecule has 1 rings (SSSR count). The van der Waals surface area contributed by atoms with Crippen molar-refractivity contribution in [1.82, 2.24) is 5.32 Å². The van der Waals surface area contributed by atoms with Crippen LogP contribution in [-0.4, -0.2) is 25.8 Å². The predicted octanol–water partition coefficient (Wildman–Crippen LogP) is 2.83. The van der Waals surface area contributed by atoms with E-state index in [1.54, 1.807) is 7.11 Å². The fourth-order valence-corrected chi connectivity index (χ4v) is 2.80. The number of rotatable bonds is 6. The Balaban J connectivity index is 2.26. The highest BCUT2D eigenvalue weighted by Crippen LogP contribution is 2.34. The van der Waals surface area contributed by atoms with Gasteiger partial charge >= 0.3 is 0 Å². The Bertz CT molecular complexity index is 172. The lowest BCUT2D eigenvalue weighted by Gasteiger charge is -2.24. The van der Waals surface area contributed by atoms with Crippen molar-refractivity contribution in [2.75, 3.05) is 13.7 Å². The number of nitrogens with one attached hydrogen (secondary N) is 1. The Morgan fingerprint density at radius 1 is 1.40 bits per heavy atom. The molecule has 1 N–H and O–H groups in total. The van der Waals surface area contributed by atoms with Gasteiger partial charge in [-0.3, -0.25) is 0 Å². The molecule has 0 aromatic carbocycles. The summed E-state index contributed by atoms with van der Waals surface area (Å²) in [5, 5.41) is 3.75. The maximum absolute atomic E-state index is 5.11. The molecule has 1 aliphatic carbocycles. The SMILES string of the molecule is CCC1CCC(NC(C)CCOC)C1C. The van der Waals surface area contributed by atoms with E-state index in [1.165, 1.54) is 19.3 Å². The molecule has 90 valence electrons. The topological polar surface area (TPSA) is 21.3 Å². The smallest absolute Gasteiger partial charge is 0.0476 e. The first-order valence-electron chi connectivity index (χ1n) is 6.44. The molecule has 1 fully saturated rings. The van der Waals surface area contributed by atoms with Crippen LogP contribution in [0.4, 0.5) is 0 Å². The van der Waals surface area contributed by atoms with Crippen molar-refractivity contribution in [2.45, 2.75) is 58.5 Å². The summed E-state index contributed by atoms with van der Waals surface area (Å²) in [5.41, 5.74) is 0. The third kappa shape index (κ3) is 3.76. The Kier molecular flexibility index (Phi) is 5.62. The molecule has 0 aromatic rings. The van der Waals surface area contributed by atoms with Gasteiger partial charge in [0, 0.05) is 25.8 Å². The van der Waals surface area contributed by atoms with Crippen LogP contribution >= 0.6 is 0 Å². The molecule has 0 saturated heterocycles. The van der Waals surface area contributed by atoms with Crippen molar-refractivity contribution >= 4 is 0 Å². The highest BCUT2D eigenvalue weighted by Gasteiger charge is 2.31. The summed E-state index contributed by atoms with van der Waals surface area (Å²) in [7, 11) is 1.78. The van der Waals surface area contributed by atoms with Crippen molar-refractivity contribution in [1.29, 1.82) is 0 Å². The van der Waals surface area contributed by atoms with Crippen molar-refractivity contribution < 1.29 is 4.74 Å². The summed E-state index contributed by atoms with van der Waals surface area (Å²) in [6, 6.07) is 1.33. The van der Waals surface area contributed by atoms with E-state index < -0.39 is 0 Å². The molecule has 1 aliphatic rings. The van der Waals surface area contributed by atoms with E-state index in [1.807, 2.05) is 0 Å². The Morgan fingerprint density at radius 3 is 2.67 bits per heavy atom. The van der Waals surface area contributed by atoms with Gasteiger partial charge in [0.05, 0.1) is 0 Å². The average Bonchev–Trinajstić information content (AvgIpc) is 2.57. The first-order valence-corrected chi connectivity index (χ1v) is 6.44. The molecule has 0 amide bonds. The lowest BCUT2D eigenvalue weighted by Crippen LogP contribution is -2.39. The molecule has 4 atom stereocenters. The average molecular weight is 213 g/mol. The van der Waals surface area contributed by atoms with Crippen LogP contribution < -0.4 is 5.32 Å². The molecule has 0 bridgehead atoms. The van der Waals surface area contributed by atoms with E-state index in [4.69, 9.17) is 4.74 Å².